The van der Waals surface area contributed by atoms with Crippen molar-refractivity contribution in [2.24, 2.45) is 0 Å². The van der Waals surface area contributed by atoms with Crippen LogP contribution in [0.25, 0.3) is 0 Å². The van der Waals surface area contributed by atoms with E-state index in [4.69, 9.17) is 9.47 Å². The van der Waals surface area contributed by atoms with E-state index in [1.165, 1.54) is 0 Å². The SMILES string of the molecule is C=C(/C=C\C(=C/C)Nc1ccc(OC)cc1)OC. The third-order valence-electron chi connectivity index (χ3n) is 2.40. The highest BCUT2D eigenvalue weighted by Gasteiger charge is 1.95. The standard InChI is InChI=1S/C15H19NO2/c1-5-13(7-6-12(2)17-3)16-14-8-10-15(18-4)11-9-14/h5-11,16H,2H2,1,3-4H3/b7-6-,13-5+. The van der Waals surface area contributed by atoms with Gasteiger partial charge in [-0.1, -0.05) is 12.7 Å². The third-order valence-corrected chi connectivity index (χ3v) is 2.40. The molecule has 0 bridgehead atoms. The summed E-state index contributed by atoms with van der Waals surface area (Å²) in [4.78, 5) is 0. The molecule has 0 spiro atoms. The average molecular weight is 245 g/mol. The fourth-order valence-corrected chi connectivity index (χ4v) is 1.30. The summed E-state index contributed by atoms with van der Waals surface area (Å²) in [5, 5.41) is 3.28. The first kappa shape index (κ1) is 13.9. The topological polar surface area (TPSA) is 30.5 Å². The van der Waals surface area contributed by atoms with Crippen LogP contribution in [0.4, 0.5) is 5.69 Å². The molecule has 1 rings (SSSR count). The maximum absolute atomic E-state index is 5.11. The highest BCUT2D eigenvalue weighted by Crippen LogP contribution is 2.17. The second-order valence-electron chi connectivity index (χ2n) is 3.60. The third kappa shape index (κ3) is 4.37. The minimum Gasteiger partial charge on any atom is -0.497 e. The second kappa shape index (κ2) is 7.22. The molecule has 0 aromatic heterocycles. The predicted molar refractivity (Wildman–Crippen MR) is 75.7 cm³/mol. The summed E-state index contributed by atoms with van der Waals surface area (Å²) < 4.78 is 10.1. The second-order valence-corrected chi connectivity index (χ2v) is 3.60. The zero-order chi connectivity index (χ0) is 13.4. The fraction of sp³-hybridized carbons (Fsp3) is 0.200. The lowest BCUT2D eigenvalue weighted by molar-refractivity contribution is 0.309. The molecule has 3 nitrogen and oxygen atoms in total. The number of nitrogens with one attached hydrogen (secondary N) is 1. The highest BCUT2D eigenvalue weighted by molar-refractivity contribution is 5.52. The lowest BCUT2D eigenvalue weighted by Gasteiger charge is -2.08. The van der Waals surface area contributed by atoms with Crippen LogP contribution < -0.4 is 10.1 Å². The molecule has 0 unspecified atom stereocenters. The molecule has 0 saturated heterocycles. The van der Waals surface area contributed by atoms with E-state index >= 15 is 0 Å². The molecule has 0 heterocycles. The van der Waals surface area contributed by atoms with Crippen LogP contribution in [-0.4, -0.2) is 14.2 Å². The van der Waals surface area contributed by atoms with Gasteiger partial charge in [-0.05, 0) is 43.3 Å². The van der Waals surface area contributed by atoms with Gasteiger partial charge in [-0.2, -0.15) is 0 Å². The van der Waals surface area contributed by atoms with Gasteiger partial charge in [0.1, 0.15) is 11.5 Å². The maximum atomic E-state index is 5.11. The van der Waals surface area contributed by atoms with E-state index < -0.39 is 0 Å². The molecule has 3 heteroatoms. The zero-order valence-corrected chi connectivity index (χ0v) is 11.1. The van der Waals surface area contributed by atoms with Crippen LogP contribution in [0.5, 0.6) is 5.75 Å². The van der Waals surface area contributed by atoms with Gasteiger partial charge in [-0.15, -0.1) is 0 Å². The van der Waals surface area contributed by atoms with Crippen molar-refractivity contribution in [3.63, 3.8) is 0 Å². The van der Waals surface area contributed by atoms with Gasteiger partial charge in [0, 0.05) is 11.4 Å². The molecule has 0 aliphatic rings. The first-order valence-corrected chi connectivity index (χ1v) is 5.68. The maximum Gasteiger partial charge on any atom is 0.119 e. The summed E-state index contributed by atoms with van der Waals surface area (Å²) >= 11 is 0. The Kier molecular flexibility index (Phi) is 5.58. The van der Waals surface area contributed by atoms with Gasteiger partial charge in [0.15, 0.2) is 0 Å². The monoisotopic (exact) mass is 245 g/mol. The summed E-state index contributed by atoms with van der Waals surface area (Å²) in [5.41, 5.74) is 1.97. The summed E-state index contributed by atoms with van der Waals surface area (Å²) in [6, 6.07) is 7.74. The van der Waals surface area contributed by atoms with E-state index in [9.17, 15) is 0 Å². The van der Waals surface area contributed by atoms with Crippen molar-refractivity contribution in [1.82, 2.24) is 0 Å². The van der Waals surface area contributed by atoms with Gasteiger partial charge in [0.2, 0.25) is 0 Å². The molecule has 0 amide bonds. The summed E-state index contributed by atoms with van der Waals surface area (Å²) in [6.45, 7) is 5.69. The van der Waals surface area contributed by atoms with Crippen molar-refractivity contribution >= 4 is 5.69 Å². The number of hydrogen-bond acceptors (Lipinski definition) is 3. The average Bonchev–Trinajstić information content (AvgIpc) is 2.43. The van der Waals surface area contributed by atoms with Gasteiger partial charge in [-0.3, -0.25) is 0 Å². The van der Waals surface area contributed by atoms with Crippen LogP contribution in [0.15, 0.2) is 60.5 Å². The molecule has 1 N–H and O–H groups in total. The van der Waals surface area contributed by atoms with Crippen molar-refractivity contribution in [3.05, 3.63) is 60.5 Å². The Morgan fingerprint density at radius 1 is 1.17 bits per heavy atom. The molecule has 1 aromatic carbocycles. The molecule has 18 heavy (non-hydrogen) atoms. The van der Waals surface area contributed by atoms with Crippen molar-refractivity contribution in [2.45, 2.75) is 6.92 Å². The van der Waals surface area contributed by atoms with E-state index in [2.05, 4.69) is 11.9 Å². The van der Waals surface area contributed by atoms with Crippen LogP contribution in [0.3, 0.4) is 0 Å². The number of ether oxygens (including phenoxy) is 2. The Labute approximate surface area is 108 Å². The molecule has 0 fully saturated rings. The molecule has 96 valence electrons. The summed E-state index contributed by atoms with van der Waals surface area (Å²) in [7, 11) is 3.25. The van der Waals surface area contributed by atoms with Gasteiger partial charge in [0.25, 0.3) is 0 Å². The normalized spacial score (nSPS) is 11.4. The van der Waals surface area contributed by atoms with Crippen LogP contribution in [0.1, 0.15) is 6.92 Å². The first-order chi connectivity index (χ1) is 8.69. The number of anilines is 1. The van der Waals surface area contributed by atoms with E-state index in [0.717, 1.165) is 17.1 Å². The first-order valence-electron chi connectivity index (χ1n) is 5.68. The summed E-state index contributed by atoms with van der Waals surface area (Å²) in [6.07, 6.45) is 5.70. The number of allylic oxidation sites excluding steroid dienone is 3. The van der Waals surface area contributed by atoms with E-state index in [-0.39, 0.29) is 0 Å². The molecular formula is C15H19NO2. The zero-order valence-electron chi connectivity index (χ0n) is 11.1. The summed E-state index contributed by atoms with van der Waals surface area (Å²) in [5.74, 6) is 1.46. The van der Waals surface area contributed by atoms with Crippen molar-refractivity contribution in [3.8, 4) is 5.75 Å². The van der Waals surface area contributed by atoms with Crippen LogP contribution >= 0.6 is 0 Å². The van der Waals surface area contributed by atoms with Gasteiger partial charge in [0.05, 0.1) is 14.2 Å². The smallest absolute Gasteiger partial charge is 0.119 e. The molecule has 1 aromatic rings. The quantitative estimate of drug-likeness (QED) is 0.612. The van der Waals surface area contributed by atoms with Crippen LogP contribution in [0, 0.1) is 0 Å². The van der Waals surface area contributed by atoms with Gasteiger partial charge in [-0.25, -0.2) is 0 Å². The fourth-order valence-electron chi connectivity index (χ4n) is 1.30. The van der Waals surface area contributed by atoms with Crippen LogP contribution in [0.2, 0.25) is 0 Å². The van der Waals surface area contributed by atoms with Crippen molar-refractivity contribution < 1.29 is 9.47 Å². The Bertz CT molecular complexity index is 444. The van der Waals surface area contributed by atoms with Gasteiger partial charge >= 0.3 is 0 Å². The number of methoxy groups -OCH3 is 2. The number of rotatable bonds is 6. The number of benzene rings is 1. The Morgan fingerprint density at radius 2 is 1.83 bits per heavy atom. The molecule has 0 radical (unpaired) electrons. The molecule has 0 aliphatic heterocycles. The van der Waals surface area contributed by atoms with E-state index in [0.29, 0.717) is 5.76 Å². The largest absolute Gasteiger partial charge is 0.497 e. The molecule has 0 atom stereocenters. The van der Waals surface area contributed by atoms with E-state index in [1.54, 1.807) is 14.2 Å². The minimum atomic E-state index is 0.617. The van der Waals surface area contributed by atoms with Crippen molar-refractivity contribution in [2.75, 3.05) is 19.5 Å². The predicted octanol–water partition coefficient (Wildman–Crippen LogP) is 3.73. The van der Waals surface area contributed by atoms with Crippen molar-refractivity contribution in [1.29, 1.82) is 0 Å². The lowest BCUT2D eigenvalue weighted by Crippen LogP contribution is -1.96. The number of hydrogen-bond donors (Lipinski definition) is 1. The Morgan fingerprint density at radius 3 is 2.33 bits per heavy atom. The Hall–Kier alpha value is -2.16. The Balaban J connectivity index is 2.68. The van der Waals surface area contributed by atoms with Gasteiger partial charge < -0.3 is 14.8 Å². The van der Waals surface area contributed by atoms with Crippen LogP contribution in [-0.2, 0) is 4.74 Å². The molecule has 0 saturated carbocycles. The minimum absolute atomic E-state index is 0.617. The molecular weight excluding hydrogens is 226 g/mol. The van der Waals surface area contributed by atoms with E-state index in [1.807, 2.05) is 49.4 Å². The highest BCUT2D eigenvalue weighted by atomic mass is 16.5. The molecule has 0 aliphatic carbocycles. The lowest BCUT2D eigenvalue weighted by atomic mass is 10.2.